The Kier molecular flexibility index (Phi) is 10.4. The van der Waals surface area contributed by atoms with Crippen molar-refractivity contribution < 1.29 is 0 Å². The van der Waals surface area contributed by atoms with Crippen LogP contribution in [-0.4, -0.2) is 13.1 Å². The first-order valence-electron chi connectivity index (χ1n) is 9.95. The van der Waals surface area contributed by atoms with Gasteiger partial charge in [-0.05, 0) is 62.4 Å². The van der Waals surface area contributed by atoms with E-state index in [-0.39, 0.29) is 0 Å². The van der Waals surface area contributed by atoms with Crippen molar-refractivity contribution in [1.29, 1.82) is 0 Å². The lowest BCUT2D eigenvalue weighted by Crippen LogP contribution is -2.34. The summed E-state index contributed by atoms with van der Waals surface area (Å²) >= 11 is 0. The van der Waals surface area contributed by atoms with Crippen molar-refractivity contribution in [2.45, 2.75) is 91.9 Å². The number of hydrogen-bond acceptors (Lipinski definition) is 1. The third-order valence-electron chi connectivity index (χ3n) is 5.84. The van der Waals surface area contributed by atoms with E-state index in [4.69, 9.17) is 0 Å². The van der Waals surface area contributed by atoms with Gasteiger partial charge in [0.2, 0.25) is 0 Å². The zero-order valence-corrected chi connectivity index (χ0v) is 15.3. The van der Waals surface area contributed by atoms with E-state index in [2.05, 4.69) is 33.0 Å². The molecule has 0 aromatic heterocycles. The first-order valence-corrected chi connectivity index (χ1v) is 9.95. The minimum Gasteiger partial charge on any atom is -0.316 e. The van der Waals surface area contributed by atoms with Gasteiger partial charge in [-0.1, -0.05) is 66.2 Å². The summed E-state index contributed by atoms with van der Waals surface area (Å²) in [6.07, 6.45) is 14.3. The number of hydrogen-bond donors (Lipinski definition) is 1. The third kappa shape index (κ3) is 7.17. The van der Waals surface area contributed by atoms with Crippen molar-refractivity contribution >= 4 is 0 Å². The molecular formula is C20H41N. The Labute approximate surface area is 134 Å². The molecule has 0 aliphatic heterocycles. The van der Waals surface area contributed by atoms with Crippen LogP contribution in [0.4, 0.5) is 0 Å². The summed E-state index contributed by atoms with van der Waals surface area (Å²) in [6, 6.07) is 0. The van der Waals surface area contributed by atoms with Gasteiger partial charge in [-0.15, -0.1) is 0 Å². The molecule has 0 heterocycles. The number of unbranched alkanes of at least 4 members (excludes halogenated alkanes) is 1. The normalized spacial score (nSPS) is 27.7. The van der Waals surface area contributed by atoms with Crippen molar-refractivity contribution in [3.63, 3.8) is 0 Å². The van der Waals surface area contributed by atoms with Crippen LogP contribution in [0.15, 0.2) is 0 Å². The first-order chi connectivity index (χ1) is 10.2. The highest BCUT2D eigenvalue weighted by Crippen LogP contribution is 2.39. The van der Waals surface area contributed by atoms with E-state index < -0.39 is 0 Å². The molecular weight excluding hydrogens is 254 g/mol. The van der Waals surface area contributed by atoms with Gasteiger partial charge in [-0.25, -0.2) is 0 Å². The fourth-order valence-corrected chi connectivity index (χ4v) is 4.23. The minimum atomic E-state index is 0.954. The van der Waals surface area contributed by atoms with Crippen molar-refractivity contribution in [2.24, 2.45) is 23.7 Å². The molecule has 21 heavy (non-hydrogen) atoms. The smallest absolute Gasteiger partial charge is 0.00179 e. The maximum Gasteiger partial charge on any atom is -0.00179 e. The molecule has 0 amide bonds. The molecule has 4 atom stereocenters. The molecule has 1 rings (SSSR count). The average molecular weight is 296 g/mol. The van der Waals surface area contributed by atoms with E-state index in [0.29, 0.717) is 0 Å². The fraction of sp³-hybridized carbons (Fsp3) is 1.00. The van der Waals surface area contributed by atoms with Crippen molar-refractivity contribution in [1.82, 2.24) is 5.32 Å². The van der Waals surface area contributed by atoms with E-state index in [1.165, 1.54) is 77.3 Å². The second kappa shape index (κ2) is 11.5. The fourth-order valence-electron chi connectivity index (χ4n) is 4.23. The molecule has 0 aromatic rings. The van der Waals surface area contributed by atoms with E-state index >= 15 is 0 Å². The third-order valence-corrected chi connectivity index (χ3v) is 5.84. The summed E-state index contributed by atoms with van der Waals surface area (Å²) < 4.78 is 0. The zero-order chi connectivity index (χ0) is 15.5. The molecule has 1 aliphatic rings. The van der Waals surface area contributed by atoms with Crippen LogP contribution in [-0.2, 0) is 0 Å². The SMILES string of the molecule is CCCCC(CC)CC1CC(CC)CCC1CNCCC. The molecule has 1 nitrogen and oxygen atoms in total. The molecule has 1 N–H and O–H groups in total. The van der Waals surface area contributed by atoms with Gasteiger partial charge in [0.05, 0.1) is 0 Å². The highest BCUT2D eigenvalue weighted by atomic mass is 14.9. The maximum atomic E-state index is 3.70. The summed E-state index contributed by atoms with van der Waals surface area (Å²) in [6.45, 7) is 11.9. The van der Waals surface area contributed by atoms with Crippen molar-refractivity contribution in [3.8, 4) is 0 Å². The Balaban J connectivity index is 2.51. The van der Waals surface area contributed by atoms with Gasteiger partial charge < -0.3 is 5.32 Å². The highest BCUT2D eigenvalue weighted by molar-refractivity contribution is 4.82. The lowest BCUT2D eigenvalue weighted by molar-refractivity contribution is 0.140. The number of rotatable bonds is 11. The lowest BCUT2D eigenvalue weighted by Gasteiger charge is -2.38. The van der Waals surface area contributed by atoms with Crippen LogP contribution in [0.1, 0.15) is 91.9 Å². The molecule has 0 saturated heterocycles. The van der Waals surface area contributed by atoms with Crippen molar-refractivity contribution in [3.05, 3.63) is 0 Å². The molecule has 1 fully saturated rings. The summed E-state index contributed by atoms with van der Waals surface area (Å²) in [5, 5.41) is 3.70. The average Bonchev–Trinajstić information content (AvgIpc) is 2.52. The van der Waals surface area contributed by atoms with Crippen molar-refractivity contribution in [2.75, 3.05) is 13.1 Å². The highest BCUT2D eigenvalue weighted by Gasteiger charge is 2.30. The standard InChI is InChI=1S/C20H41N/c1-5-9-10-17(7-3)14-20-15-18(8-4)11-12-19(20)16-21-13-6-2/h17-21H,5-16H2,1-4H3. The van der Waals surface area contributed by atoms with Crippen LogP contribution < -0.4 is 5.32 Å². The Hall–Kier alpha value is -0.0400. The summed E-state index contributed by atoms with van der Waals surface area (Å²) in [5.74, 6) is 3.95. The second-order valence-corrected chi connectivity index (χ2v) is 7.46. The lowest BCUT2D eigenvalue weighted by atomic mass is 9.69. The second-order valence-electron chi connectivity index (χ2n) is 7.46. The first kappa shape index (κ1) is 19.0. The minimum absolute atomic E-state index is 0.954. The van der Waals surface area contributed by atoms with Crippen LogP contribution in [0.3, 0.4) is 0 Å². The van der Waals surface area contributed by atoms with Crippen LogP contribution in [0, 0.1) is 23.7 Å². The van der Waals surface area contributed by atoms with Crippen LogP contribution in [0.2, 0.25) is 0 Å². The summed E-state index contributed by atoms with van der Waals surface area (Å²) in [7, 11) is 0. The molecule has 0 bridgehead atoms. The predicted molar refractivity (Wildman–Crippen MR) is 95.7 cm³/mol. The molecule has 1 heteroatoms. The Morgan fingerprint density at radius 2 is 1.81 bits per heavy atom. The molecule has 4 unspecified atom stereocenters. The Morgan fingerprint density at radius 1 is 1.00 bits per heavy atom. The zero-order valence-electron chi connectivity index (χ0n) is 15.3. The molecule has 1 saturated carbocycles. The Morgan fingerprint density at radius 3 is 2.43 bits per heavy atom. The monoisotopic (exact) mass is 295 g/mol. The van der Waals surface area contributed by atoms with E-state index in [1.54, 1.807) is 0 Å². The maximum absolute atomic E-state index is 3.70. The topological polar surface area (TPSA) is 12.0 Å². The number of nitrogens with one attached hydrogen (secondary N) is 1. The van der Waals surface area contributed by atoms with E-state index in [0.717, 1.165) is 23.7 Å². The quantitative estimate of drug-likeness (QED) is 0.458. The molecule has 1 aliphatic carbocycles. The van der Waals surface area contributed by atoms with Crippen LogP contribution in [0.25, 0.3) is 0 Å². The van der Waals surface area contributed by atoms with Gasteiger partial charge in [0.15, 0.2) is 0 Å². The predicted octanol–water partition coefficient (Wildman–Crippen LogP) is 6.04. The summed E-state index contributed by atoms with van der Waals surface area (Å²) in [4.78, 5) is 0. The van der Waals surface area contributed by atoms with Gasteiger partial charge in [0.1, 0.15) is 0 Å². The van der Waals surface area contributed by atoms with E-state index in [9.17, 15) is 0 Å². The van der Waals surface area contributed by atoms with E-state index in [1.807, 2.05) is 0 Å². The van der Waals surface area contributed by atoms with Gasteiger partial charge in [0, 0.05) is 0 Å². The van der Waals surface area contributed by atoms with Gasteiger partial charge >= 0.3 is 0 Å². The van der Waals surface area contributed by atoms with Gasteiger partial charge in [0.25, 0.3) is 0 Å². The Bertz CT molecular complexity index is 236. The molecule has 0 spiro atoms. The van der Waals surface area contributed by atoms with Gasteiger partial charge in [-0.2, -0.15) is 0 Å². The van der Waals surface area contributed by atoms with Crippen LogP contribution in [0.5, 0.6) is 0 Å². The molecule has 0 aromatic carbocycles. The summed E-state index contributed by atoms with van der Waals surface area (Å²) in [5.41, 5.74) is 0. The molecule has 126 valence electrons. The van der Waals surface area contributed by atoms with Gasteiger partial charge in [-0.3, -0.25) is 0 Å². The van der Waals surface area contributed by atoms with Crippen LogP contribution >= 0.6 is 0 Å². The molecule has 0 radical (unpaired) electrons. The largest absolute Gasteiger partial charge is 0.316 e.